The molecular formula is C18H32O. The Kier molecular flexibility index (Phi) is 3.28. The van der Waals surface area contributed by atoms with Gasteiger partial charge in [0.25, 0.3) is 0 Å². The minimum Gasteiger partial charge on any atom is -0.393 e. The number of aliphatic hydroxyl groups is 1. The number of aliphatic hydroxyl groups excluding tert-OH is 1. The van der Waals surface area contributed by atoms with E-state index in [0.29, 0.717) is 16.7 Å². The molecule has 3 unspecified atom stereocenters. The third-order valence-corrected chi connectivity index (χ3v) is 7.93. The van der Waals surface area contributed by atoms with Gasteiger partial charge in [-0.15, -0.1) is 0 Å². The molecule has 1 nitrogen and oxygen atoms in total. The summed E-state index contributed by atoms with van der Waals surface area (Å²) in [4.78, 5) is 0. The predicted octanol–water partition coefficient (Wildman–Crippen LogP) is 4.64. The molecule has 6 atom stereocenters. The van der Waals surface area contributed by atoms with Gasteiger partial charge >= 0.3 is 0 Å². The lowest BCUT2D eigenvalue weighted by Gasteiger charge is -2.47. The van der Waals surface area contributed by atoms with Crippen molar-refractivity contribution < 1.29 is 5.11 Å². The largest absolute Gasteiger partial charge is 0.393 e. The first-order chi connectivity index (χ1) is 8.91. The quantitative estimate of drug-likeness (QED) is 0.770. The average Bonchev–Trinajstić information content (AvgIpc) is 2.70. The van der Waals surface area contributed by atoms with Gasteiger partial charge in [0.05, 0.1) is 6.10 Å². The molecular weight excluding hydrogens is 232 g/mol. The second-order valence-electron chi connectivity index (χ2n) is 8.45. The molecule has 0 aliphatic heterocycles. The van der Waals surface area contributed by atoms with E-state index in [2.05, 4.69) is 27.7 Å². The summed E-state index contributed by atoms with van der Waals surface area (Å²) in [5.74, 6) is 3.19. The van der Waals surface area contributed by atoms with Crippen molar-refractivity contribution in [3.05, 3.63) is 0 Å². The minimum atomic E-state index is -0.0189. The van der Waals surface area contributed by atoms with Crippen molar-refractivity contribution in [2.45, 2.75) is 78.7 Å². The van der Waals surface area contributed by atoms with Gasteiger partial charge in [-0.25, -0.2) is 0 Å². The molecule has 2 bridgehead atoms. The van der Waals surface area contributed by atoms with Crippen LogP contribution in [0.4, 0.5) is 0 Å². The molecule has 3 aliphatic rings. The van der Waals surface area contributed by atoms with Crippen molar-refractivity contribution in [1.29, 1.82) is 0 Å². The molecule has 3 fully saturated rings. The number of hydrogen-bond acceptors (Lipinski definition) is 1. The van der Waals surface area contributed by atoms with Gasteiger partial charge in [-0.2, -0.15) is 0 Å². The monoisotopic (exact) mass is 264 g/mol. The molecule has 0 aromatic heterocycles. The summed E-state index contributed by atoms with van der Waals surface area (Å²) in [6.45, 7) is 9.89. The molecule has 19 heavy (non-hydrogen) atoms. The number of hydrogen-bond donors (Lipinski definition) is 1. The Hall–Kier alpha value is -0.0400. The highest BCUT2D eigenvalue weighted by atomic mass is 16.3. The number of fused-ring (bicyclic) bond motifs is 2. The zero-order valence-electron chi connectivity index (χ0n) is 13.3. The van der Waals surface area contributed by atoms with Crippen LogP contribution >= 0.6 is 0 Å². The molecule has 0 radical (unpaired) electrons. The van der Waals surface area contributed by atoms with E-state index in [0.717, 1.165) is 24.2 Å². The van der Waals surface area contributed by atoms with Crippen molar-refractivity contribution in [1.82, 2.24) is 0 Å². The van der Waals surface area contributed by atoms with Crippen molar-refractivity contribution in [3.8, 4) is 0 Å². The van der Waals surface area contributed by atoms with Gasteiger partial charge in [-0.1, -0.05) is 40.5 Å². The van der Waals surface area contributed by atoms with Crippen LogP contribution in [0.5, 0.6) is 0 Å². The fourth-order valence-electron chi connectivity index (χ4n) is 6.26. The van der Waals surface area contributed by atoms with Gasteiger partial charge in [-0.05, 0) is 66.6 Å². The molecule has 0 aromatic rings. The molecule has 1 heteroatoms. The second-order valence-corrected chi connectivity index (χ2v) is 8.45. The SMILES string of the molecule is CCC1C(O)CCCC1[C@H]1C[C@@H]2CC[C@@]1(C)C2(C)C. The van der Waals surface area contributed by atoms with E-state index in [1.165, 1.54) is 38.5 Å². The first kappa shape index (κ1) is 13.9. The van der Waals surface area contributed by atoms with Crippen LogP contribution in [0.2, 0.25) is 0 Å². The molecule has 0 heterocycles. The van der Waals surface area contributed by atoms with Crippen LogP contribution in [-0.2, 0) is 0 Å². The highest BCUT2D eigenvalue weighted by Crippen LogP contribution is 2.70. The van der Waals surface area contributed by atoms with Gasteiger partial charge < -0.3 is 5.11 Å². The summed E-state index contributed by atoms with van der Waals surface area (Å²) in [7, 11) is 0. The van der Waals surface area contributed by atoms with E-state index in [9.17, 15) is 5.11 Å². The molecule has 110 valence electrons. The van der Waals surface area contributed by atoms with E-state index in [1.54, 1.807) is 0 Å². The maximum absolute atomic E-state index is 10.4. The van der Waals surface area contributed by atoms with Crippen molar-refractivity contribution in [3.63, 3.8) is 0 Å². The zero-order chi connectivity index (χ0) is 13.8. The van der Waals surface area contributed by atoms with Gasteiger partial charge in [0, 0.05) is 0 Å². The summed E-state index contributed by atoms with van der Waals surface area (Å²) in [6.07, 6.45) is 9.14. The average molecular weight is 264 g/mol. The van der Waals surface area contributed by atoms with E-state index < -0.39 is 0 Å². The molecule has 0 aromatic carbocycles. The highest BCUT2D eigenvalue weighted by molar-refractivity contribution is 5.12. The summed E-state index contributed by atoms with van der Waals surface area (Å²) in [6, 6.07) is 0. The lowest BCUT2D eigenvalue weighted by Crippen LogP contribution is -2.43. The standard InChI is InChI=1S/C18H32O/c1-5-13-14(7-6-8-16(13)19)15-11-12-9-10-18(15,4)17(12,2)3/h12-16,19H,5-11H2,1-4H3/t12-,13?,14?,15+,16?,18+/m0/s1. The number of rotatable bonds is 2. The van der Waals surface area contributed by atoms with Crippen LogP contribution in [0.1, 0.15) is 72.6 Å². The maximum atomic E-state index is 10.4. The molecule has 3 aliphatic carbocycles. The summed E-state index contributed by atoms with van der Waals surface area (Å²) < 4.78 is 0. The van der Waals surface area contributed by atoms with E-state index in [1.807, 2.05) is 0 Å². The van der Waals surface area contributed by atoms with Crippen LogP contribution in [-0.4, -0.2) is 11.2 Å². The smallest absolute Gasteiger partial charge is 0.0571 e. The van der Waals surface area contributed by atoms with Crippen LogP contribution < -0.4 is 0 Å². The second kappa shape index (κ2) is 4.48. The van der Waals surface area contributed by atoms with Crippen molar-refractivity contribution in [2.75, 3.05) is 0 Å². The summed E-state index contributed by atoms with van der Waals surface area (Å²) in [5, 5.41) is 10.4. The lowest BCUT2D eigenvalue weighted by atomic mass is 9.58. The van der Waals surface area contributed by atoms with Crippen LogP contribution in [0.15, 0.2) is 0 Å². The molecule has 3 rings (SSSR count). The van der Waals surface area contributed by atoms with Crippen LogP contribution in [0.25, 0.3) is 0 Å². The summed E-state index contributed by atoms with van der Waals surface area (Å²) in [5.41, 5.74) is 1.06. The predicted molar refractivity (Wildman–Crippen MR) is 79.8 cm³/mol. The third kappa shape index (κ3) is 1.76. The molecule has 3 saturated carbocycles. The highest BCUT2D eigenvalue weighted by Gasteiger charge is 2.63. The fourth-order valence-corrected chi connectivity index (χ4v) is 6.26. The Bertz CT molecular complexity index is 348. The van der Waals surface area contributed by atoms with Crippen molar-refractivity contribution in [2.24, 2.45) is 34.5 Å². The Morgan fingerprint density at radius 1 is 1.11 bits per heavy atom. The van der Waals surface area contributed by atoms with E-state index >= 15 is 0 Å². The normalized spacial score (nSPS) is 52.6. The Balaban J connectivity index is 1.87. The van der Waals surface area contributed by atoms with Gasteiger partial charge in [-0.3, -0.25) is 0 Å². The minimum absolute atomic E-state index is 0.0189. The molecule has 0 amide bonds. The van der Waals surface area contributed by atoms with Crippen LogP contribution in [0.3, 0.4) is 0 Å². The van der Waals surface area contributed by atoms with Crippen LogP contribution in [0, 0.1) is 34.5 Å². The Morgan fingerprint density at radius 3 is 2.37 bits per heavy atom. The summed E-state index contributed by atoms with van der Waals surface area (Å²) >= 11 is 0. The van der Waals surface area contributed by atoms with Gasteiger partial charge in [0.15, 0.2) is 0 Å². The van der Waals surface area contributed by atoms with E-state index in [-0.39, 0.29) is 6.10 Å². The third-order valence-electron chi connectivity index (χ3n) is 7.93. The Labute approximate surface area is 119 Å². The topological polar surface area (TPSA) is 20.2 Å². The van der Waals surface area contributed by atoms with Crippen molar-refractivity contribution >= 4 is 0 Å². The molecule has 1 N–H and O–H groups in total. The maximum Gasteiger partial charge on any atom is 0.0571 e. The van der Waals surface area contributed by atoms with E-state index in [4.69, 9.17) is 0 Å². The molecule has 0 saturated heterocycles. The molecule has 0 spiro atoms. The first-order valence-electron chi connectivity index (χ1n) is 8.60. The Morgan fingerprint density at radius 2 is 1.84 bits per heavy atom. The fraction of sp³-hybridized carbons (Fsp3) is 1.00. The zero-order valence-corrected chi connectivity index (χ0v) is 13.3. The first-order valence-corrected chi connectivity index (χ1v) is 8.60. The van der Waals surface area contributed by atoms with Gasteiger partial charge in [0.1, 0.15) is 0 Å². The van der Waals surface area contributed by atoms with Gasteiger partial charge in [0.2, 0.25) is 0 Å². The lowest BCUT2D eigenvalue weighted by molar-refractivity contribution is -0.0329.